The second-order valence-electron chi connectivity index (χ2n) is 6.92. The van der Waals surface area contributed by atoms with Crippen LogP contribution in [0.1, 0.15) is 38.7 Å². The maximum atomic E-state index is 12.8. The Morgan fingerprint density at radius 2 is 1.72 bits per heavy atom. The van der Waals surface area contributed by atoms with E-state index in [0.717, 1.165) is 12.0 Å². The van der Waals surface area contributed by atoms with Crippen LogP contribution in [0, 0.1) is 5.92 Å². The number of nitrogens with one attached hydrogen (secondary N) is 1. The number of hydrogen-bond acceptors (Lipinski definition) is 5. The summed E-state index contributed by atoms with van der Waals surface area (Å²) in [5.74, 6) is -1.50. The first-order valence-electron chi connectivity index (χ1n) is 9.32. The zero-order chi connectivity index (χ0) is 21.6. The number of esters is 1. The predicted molar refractivity (Wildman–Crippen MR) is 111 cm³/mol. The Kier molecular flexibility index (Phi) is 7.53. The van der Waals surface area contributed by atoms with Gasteiger partial charge in [0.25, 0.3) is 5.91 Å². The van der Waals surface area contributed by atoms with Crippen LogP contribution < -0.4 is 10.5 Å². The van der Waals surface area contributed by atoms with E-state index in [2.05, 4.69) is 5.32 Å². The molecule has 1 amide bonds. The second kappa shape index (κ2) is 9.67. The molecule has 0 unspecified atom stereocenters. The fraction of sp³-hybridized carbons (Fsp3) is 0.333. The maximum Gasteiger partial charge on any atom is 0.314 e. The van der Waals surface area contributed by atoms with Crippen molar-refractivity contribution in [3.05, 3.63) is 60.2 Å². The average molecular weight is 419 g/mol. The Hall–Kier alpha value is -2.71. The van der Waals surface area contributed by atoms with E-state index in [1.54, 1.807) is 0 Å². The lowest BCUT2D eigenvalue weighted by molar-refractivity contribution is -0.155. The Morgan fingerprint density at radius 3 is 2.31 bits per heavy atom. The molecule has 0 saturated carbocycles. The molecule has 3 atom stereocenters. The predicted octanol–water partition coefficient (Wildman–Crippen LogP) is 3.03. The van der Waals surface area contributed by atoms with Crippen LogP contribution in [-0.4, -0.2) is 26.4 Å². The van der Waals surface area contributed by atoms with Gasteiger partial charge in [-0.25, -0.2) is 13.6 Å². The third-order valence-electron chi connectivity index (χ3n) is 4.72. The smallest absolute Gasteiger partial charge is 0.314 e. The number of carbonyl (C=O) groups is 2. The molecule has 156 valence electrons. The van der Waals surface area contributed by atoms with Crippen molar-refractivity contribution in [3.8, 4) is 0 Å². The number of benzene rings is 2. The lowest BCUT2D eigenvalue weighted by Gasteiger charge is -2.24. The molecular weight excluding hydrogens is 392 g/mol. The zero-order valence-corrected chi connectivity index (χ0v) is 17.5. The van der Waals surface area contributed by atoms with Gasteiger partial charge in [0.15, 0.2) is 6.10 Å². The van der Waals surface area contributed by atoms with E-state index in [4.69, 9.17) is 9.88 Å². The first-order valence-corrected chi connectivity index (χ1v) is 10.9. The molecule has 2 aromatic carbocycles. The summed E-state index contributed by atoms with van der Waals surface area (Å²) >= 11 is 0. The first-order chi connectivity index (χ1) is 13.6. The molecule has 0 heterocycles. The van der Waals surface area contributed by atoms with Crippen LogP contribution in [0.2, 0.25) is 0 Å². The molecule has 0 fully saturated rings. The van der Waals surface area contributed by atoms with Gasteiger partial charge in [0.05, 0.1) is 10.8 Å². The highest BCUT2D eigenvalue weighted by atomic mass is 32.2. The van der Waals surface area contributed by atoms with Crippen LogP contribution in [0.25, 0.3) is 0 Å². The van der Waals surface area contributed by atoms with Crippen molar-refractivity contribution in [2.45, 2.75) is 44.1 Å². The maximum absolute atomic E-state index is 12.8. The highest BCUT2D eigenvalue weighted by Crippen LogP contribution is 2.28. The normalized spacial score (nSPS) is 14.5. The highest BCUT2D eigenvalue weighted by Gasteiger charge is 2.30. The summed E-state index contributed by atoms with van der Waals surface area (Å²) in [6.07, 6.45) is -0.286. The molecule has 0 radical (unpaired) electrons. The summed E-state index contributed by atoms with van der Waals surface area (Å²) in [5.41, 5.74) is 1.08. The van der Waals surface area contributed by atoms with Gasteiger partial charge in [-0.05, 0) is 36.6 Å². The molecule has 7 nitrogen and oxygen atoms in total. The van der Waals surface area contributed by atoms with Gasteiger partial charge in [0.2, 0.25) is 10.0 Å². The van der Waals surface area contributed by atoms with Gasteiger partial charge >= 0.3 is 5.97 Å². The molecular formula is C21H26N2O5S. The number of hydrogen-bond donors (Lipinski definition) is 2. The van der Waals surface area contributed by atoms with Crippen molar-refractivity contribution in [3.63, 3.8) is 0 Å². The van der Waals surface area contributed by atoms with Crippen LogP contribution in [0.4, 0.5) is 5.69 Å². The van der Waals surface area contributed by atoms with Crippen molar-refractivity contribution in [1.82, 2.24) is 0 Å². The van der Waals surface area contributed by atoms with Crippen LogP contribution in [0.3, 0.4) is 0 Å². The molecule has 3 N–H and O–H groups in total. The summed E-state index contributed by atoms with van der Waals surface area (Å²) in [4.78, 5) is 25.1. The van der Waals surface area contributed by atoms with Crippen molar-refractivity contribution >= 4 is 27.6 Å². The van der Waals surface area contributed by atoms with Crippen LogP contribution in [0.5, 0.6) is 0 Å². The summed E-state index contributed by atoms with van der Waals surface area (Å²) in [5, 5.41) is 7.65. The average Bonchev–Trinajstić information content (AvgIpc) is 2.68. The Balaban J connectivity index is 2.10. The summed E-state index contributed by atoms with van der Waals surface area (Å²) < 4.78 is 28.3. The number of rotatable bonds is 8. The van der Waals surface area contributed by atoms with Gasteiger partial charge in [-0.1, -0.05) is 56.7 Å². The quantitative estimate of drug-likeness (QED) is 0.639. The number of amides is 1. The van der Waals surface area contributed by atoms with Crippen molar-refractivity contribution in [2.75, 3.05) is 5.32 Å². The van der Waals surface area contributed by atoms with E-state index in [1.165, 1.54) is 31.2 Å². The monoisotopic (exact) mass is 418 g/mol. The van der Waals surface area contributed by atoms with Crippen LogP contribution in [0.15, 0.2) is 59.5 Å². The Morgan fingerprint density at radius 1 is 1.07 bits per heavy atom. The Bertz CT molecular complexity index is 960. The summed E-state index contributed by atoms with van der Waals surface area (Å²) in [7, 11) is -3.89. The molecule has 2 aromatic rings. The van der Waals surface area contributed by atoms with Gasteiger partial charge < -0.3 is 10.1 Å². The third kappa shape index (κ3) is 6.13. The first kappa shape index (κ1) is 22.6. The minimum absolute atomic E-state index is 0.0339. The molecule has 0 saturated heterocycles. The molecule has 2 rings (SSSR count). The van der Waals surface area contributed by atoms with E-state index in [9.17, 15) is 18.0 Å². The number of carbonyl (C=O) groups excluding carboxylic acids is 2. The third-order valence-corrected chi connectivity index (χ3v) is 5.63. The molecule has 0 bridgehead atoms. The van der Waals surface area contributed by atoms with Crippen molar-refractivity contribution in [2.24, 2.45) is 11.1 Å². The van der Waals surface area contributed by atoms with Gasteiger partial charge in [-0.2, -0.15) is 0 Å². The van der Waals surface area contributed by atoms with E-state index in [1.807, 2.05) is 44.2 Å². The summed E-state index contributed by atoms with van der Waals surface area (Å²) in [6.45, 7) is 5.42. The number of sulfonamides is 1. The zero-order valence-electron chi connectivity index (χ0n) is 16.7. The SMILES string of the molecule is CC[C@@H](C)[C@H](C(=O)O[C@@H](C)C(=O)Nc1cccc(S(N)(=O)=O)c1)c1ccccc1. The highest BCUT2D eigenvalue weighted by molar-refractivity contribution is 7.89. The van der Waals surface area contributed by atoms with Gasteiger partial charge in [0, 0.05) is 5.69 Å². The number of nitrogens with two attached hydrogens (primary N) is 1. The van der Waals surface area contributed by atoms with Crippen LogP contribution in [-0.2, 0) is 24.3 Å². The molecule has 0 aromatic heterocycles. The van der Waals surface area contributed by atoms with Crippen molar-refractivity contribution in [1.29, 1.82) is 0 Å². The Labute approximate surface area is 171 Å². The standard InChI is InChI=1S/C21H26N2O5S/c1-4-14(2)19(16-9-6-5-7-10-16)21(25)28-15(3)20(24)23-17-11-8-12-18(13-17)29(22,26)27/h5-15,19H,4H2,1-3H3,(H,23,24)(H2,22,26,27)/t14-,15+,19+/m1/s1. The van der Waals surface area contributed by atoms with Crippen LogP contribution >= 0.6 is 0 Å². The number of primary sulfonamides is 1. The van der Waals surface area contributed by atoms with Gasteiger partial charge in [-0.3, -0.25) is 9.59 Å². The molecule has 8 heteroatoms. The summed E-state index contributed by atoms with van der Waals surface area (Å²) in [6, 6.07) is 14.9. The topological polar surface area (TPSA) is 116 Å². The second-order valence-corrected chi connectivity index (χ2v) is 8.48. The number of ether oxygens (including phenoxy) is 1. The van der Waals surface area contributed by atoms with E-state index >= 15 is 0 Å². The fourth-order valence-corrected chi connectivity index (χ4v) is 3.45. The minimum Gasteiger partial charge on any atom is -0.452 e. The molecule has 0 spiro atoms. The van der Waals surface area contributed by atoms with E-state index in [0.29, 0.717) is 0 Å². The van der Waals surface area contributed by atoms with E-state index < -0.39 is 33.9 Å². The molecule has 0 aliphatic carbocycles. The lowest BCUT2D eigenvalue weighted by Crippen LogP contribution is -2.33. The van der Waals surface area contributed by atoms with Gasteiger partial charge in [-0.15, -0.1) is 0 Å². The van der Waals surface area contributed by atoms with Gasteiger partial charge in [0.1, 0.15) is 0 Å². The molecule has 0 aliphatic heterocycles. The lowest BCUT2D eigenvalue weighted by atomic mass is 9.85. The molecule has 0 aliphatic rings. The van der Waals surface area contributed by atoms with E-state index in [-0.39, 0.29) is 16.5 Å². The number of anilines is 1. The molecule has 29 heavy (non-hydrogen) atoms. The van der Waals surface area contributed by atoms with Crippen molar-refractivity contribution < 1.29 is 22.7 Å². The minimum atomic E-state index is -3.89. The fourth-order valence-electron chi connectivity index (χ4n) is 2.89. The largest absolute Gasteiger partial charge is 0.452 e.